The van der Waals surface area contributed by atoms with Gasteiger partial charge in [-0.25, -0.2) is 0 Å². The number of likely N-dealkylation sites (N-methyl/N-ethyl adjacent to an activating group) is 1. The lowest BCUT2D eigenvalue weighted by Crippen LogP contribution is -2.42. The summed E-state index contributed by atoms with van der Waals surface area (Å²) in [7, 11) is 6.78. The van der Waals surface area contributed by atoms with Crippen molar-refractivity contribution in [3.8, 4) is 23.0 Å². The van der Waals surface area contributed by atoms with Gasteiger partial charge in [-0.2, -0.15) is 0 Å². The first-order valence-corrected chi connectivity index (χ1v) is 17.7. The van der Waals surface area contributed by atoms with E-state index in [0.29, 0.717) is 49.1 Å². The van der Waals surface area contributed by atoms with Gasteiger partial charge in [0, 0.05) is 32.7 Å². The molecule has 49 heavy (non-hydrogen) atoms. The molecule has 0 aromatic heterocycles. The number of hydrogen-bond donors (Lipinski definition) is 5. The quantitative estimate of drug-likeness (QED) is 0.0557. The van der Waals surface area contributed by atoms with Crippen LogP contribution in [0.5, 0.6) is 23.0 Å². The summed E-state index contributed by atoms with van der Waals surface area (Å²) in [5, 5.41) is 27.9. The first kappa shape index (κ1) is 38.0. The van der Waals surface area contributed by atoms with Crippen molar-refractivity contribution in [2.24, 2.45) is 33.9 Å². The number of ketones is 1. The van der Waals surface area contributed by atoms with E-state index >= 15 is 0 Å². The maximum atomic E-state index is 14.0. The summed E-state index contributed by atoms with van der Waals surface area (Å²) in [6, 6.07) is 9.17. The number of allylic oxidation sites excluding steroid dienone is 2. The Hall–Kier alpha value is -3.76. The van der Waals surface area contributed by atoms with Crippen molar-refractivity contribution in [3.63, 3.8) is 0 Å². The summed E-state index contributed by atoms with van der Waals surface area (Å²) in [5.74, 6) is 2.01. The van der Waals surface area contributed by atoms with E-state index in [4.69, 9.17) is 19.9 Å². The molecule has 0 bridgehead atoms. The Balaban J connectivity index is 1.60. The number of carbonyl (C=O) groups excluding carboxylic acids is 1. The van der Waals surface area contributed by atoms with Crippen LogP contribution in [0.3, 0.4) is 0 Å². The second kappa shape index (κ2) is 17.3. The van der Waals surface area contributed by atoms with Crippen molar-refractivity contribution < 1.29 is 29.2 Å². The van der Waals surface area contributed by atoms with Crippen LogP contribution in [0.4, 0.5) is 5.69 Å². The van der Waals surface area contributed by atoms with Gasteiger partial charge in [-0.15, -0.1) is 0 Å². The van der Waals surface area contributed by atoms with Crippen molar-refractivity contribution in [1.82, 2.24) is 5.32 Å². The van der Waals surface area contributed by atoms with Crippen molar-refractivity contribution in [2.45, 2.75) is 83.7 Å². The van der Waals surface area contributed by atoms with E-state index in [2.05, 4.69) is 35.5 Å². The van der Waals surface area contributed by atoms with Gasteiger partial charge in [0.25, 0.3) is 0 Å². The van der Waals surface area contributed by atoms with Crippen LogP contribution in [-0.4, -0.2) is 69.0 Å². The number of benzene rings is 2. The standard InChI is InChI=1S/C39H58N4O6/c1-26(2)30(10-12-35(45)38(15-7-8-16-38)23-28-9-11-32(44)33(21-28)48-6)19-29-20-31(43-37(40)42-4)36(46)34(22-29)49-39(25-41-3)17-13-27(24-39)14-18-47-5/h9-12,20-22,26-27,30,41,44,46H,7-8,13-19,23-25H2,1-6H3,(H3,40,42,43)/t27-,30+,39+/m1/s1. The summed E-state index contributed by atoms with van der Waals surface area (Å²) in [6.07, 6.45) is 12.5. The average Bonchev–Trinajstić information content (AvgIpc) is 3.72. The number of carbonyl (C=O) groups is 1. The molecular weight excluding hydrogens is 620 g/mol. The van der Waals surface area contributed by atoms with Crippen molar-refractivity contribution in [2.75, 3.05) is 46.8 Å². The zero-order valence-corrected chi connectivity index (χ0v) is 30.3. The third-order valence-corrected chi connectivity index (χ3v) is 10.6. The summed E-state index contributed by atoms with van der Waals surface area (Å²) in [5.41, 5.74) is 7.48. The number of aromatic hydroxyl groups is 2. The molecule has 0 spiro atoms. The van der Waals surface area contributed by atoms with E-state index in [-0.39, 0.29) is 35.1 Å². The number of nitrogens with two attached hydrogens (primary N) is 1. The Morgan fingerprint density at radius 2 is 1.84 bits per heavy atom. The third kappa shape index (κ3) is 9.69. The number of ether oxygens (including phenoxy) is 3. The first-order valence-electron chi connectivity index (χ1n) is 17.7. The molecule has 2 aliphatic rings. The van der Waals surface area contributed by atoms with E-state index in [1.807, 2.05) is 31.3 Å². The SMILES string of the molecule is CN=C(N)Nc1cc(C[C@H](C=CC(=O)C2(Cc3ccc(O)c(OC)c3)CCCC2)C(C)C)cc(O[C@@]2(CNC)CC[C@H](CCOC)C2)c1O. The molecule has 10 nitrogen and oxygen atoms in total. The van der Waals surface area contributed by atoms with Gasteiger partial charge in [0.05, 0.1) is 12.8 Å². The molecule has 0 heterocycles. The number of rotatable bonds is 17. The molecule has 4 rings (SSSR count). The van der Waals surface area contributed by atoms with Crippen LogP contribution in [0.25, 0.3) is 0 Å². The molecule has 0 amide bonds. The molecule has 0 radical (unpaired) electrons. The van der Waals surface area contributed by atoms with Crippen LogP contribution in [-0.2, 0) is 22.4 Å². The molecule has 0 unspecified atom stereocenters. The number of anilines is 1. The fourth-order valence-corrected chi connectivity index (χ4v) is 7.69. The number of methoxy groups -OCH3 is 2. The highest BCUT2D eigenvalue weighted by Gasteiger charge is 2.42. The second-order valence-electron chi connectivity index (χ2n) is 14.4. The molecule has 2 aromatic carbocycles. The minimum atomic E-state index is -0.475. The molecule has 6 N–H and O–H groups in total. The van der Waals surface area contributed by atoms with E-state index in [9.17, 15) is 15.0 Å². The zero-order chi connectivity index (χ0) is 35.6. The lowest BCUT2D eigenvalue weighted by molar-refractivity contribution is -0.123. The summed E-state index contributed by atoms with van der Waals surface area (Å²) in [6.45, 7) is 5.68. The highest BCUT2D eigenvalue weighted by Crippen LogP contribution is 2.45. The van der Waals surface area contributed by atoms with Gasteiger partial charge in [-0.05, 0) is 118 Å². The predicted octanol–water partition coefficient (Wildman–Crippen LogP) is 6.38. The summed E-state index contributed by atoms with van der Waals surface area (Å²) >= 11 is 0. The van der Waals surface area contributed by atoms with Gasteiger partial charge in [-0.1, -0.05) is 38.8 Å². The minimum absolute atomic E-state index is 0.00739. The van der Waals surface area contributed by atoms with Crippen LogP contribution in [0.15, 0.2) is 47.5 Å². The number of guanidine groups is 1. The molecule has 0 saturated heterocycles. The molecule has 3 atom stereocenters. The van der Waals surface area contributed by atoms with Gasteiger partial charge in [-0.3, -0.25) is 9.79 Å². The first-order chi connectivity index (χ1) is 23.5. The van der Waals surface area contributed by atoms with Crippen molar-refractivity contribution in [3.05, 3.63) is 53.6 Å². The Bertz CT molecular complexity index is 1470. The Kier molecular flexibility index (Phi) is 13.4. The largest absolute Gasteiger partial charge is 0.504 e. The minimum Gasteiger partial charge on any atom is -0.504 e. The van der Waals surface area contributed by atoms with Crippen LogP contribution in [0, 0.1) is 23.2 Å². The number of hydrogen-bond acceptors (Lipinski definition) is 8. The van der Waals surface area contributed by atoms with Crippen molar-refractivity contribution >= 4 is 17.4 Å². The maximum absolute atomic E-state index is 14.0. The van der Waals surface area contributed by atoms with Gasteiger partial charge in [0.15, 0.2) is 34.7 Å². The number of nitrogens with one attached hydrogen (secondary N) is 2. The number of phenolic OH excluding ortho intramolecular Hbond substituents is 2. The fourth-order valence-electron chi connectivity index (χ4n) is 7.69. The Morgan fingerprint density at radius 1 is 1.10 bits per heavy atom. The lowest BCUT2D eigenvalue weighted by Gasteiger charge is -2.32. The highest BCUT2D eigenvalue weighted by molar-refractivity contribution is 5.95. The Morgan fingerprint density at radius 3 is 2.49 bits per heavy atom. The summed E-state index contributed by atoms with van der Waals surface area (Å²) < 4.78 is 17.4. The van der Waals surface area contributed by atoms with Crippen LogP contribution in [0.2, 0.25) is 0 Å². The van der Waals surface area contributed by atoms with Gasteiger partial charge < -0.3 is 40.8 Å². The van der Waals surface area contributed by atoms with E-state index in [1.54, 1.807) is 26.3 Å². The molecule has 0 aliphatic heterocycles. The van der Waals surface area contributed by atoms with Gasteiger partial charge in [0.1, 0.15) is 5.60 Å². The Labute approximate surface area is 292 Å². The predicted molar refractivity (Wildman–Crippen MR) is 196 cm³/mol. The van der Waals surface area contributed by atoms with Gasteiger partial charge in [0.2, 0.25) is 0 Å². The van der Waals surface area contributed by atoms with E-state index in [0.717, 1.165) is 62.5 Å². The van der Waals surface area contributed by atoms with Crippen molar-refractivity contribution in [1.29, 1.82) is 0 Å². The smallest absolute Gasteiger partial charge is 0.192 e. The number of aliphatic imine (C=N–C) groups is 1. The molecule has 2 aliphatic carbocycles. The zero-order valence-electron chi connectivity index (χ0n) is 30.3. The van der Waals surface area contributed by atoms with Crippen LogP contribution < -0.4 is 25.8 Å². The molecule has 2 saturated carbocycles. The molecule has 2 fully saturated rings. The maximum Gasteiger partial charge on any atom is 0.192 e. The lowest BCUT2D eigenvalue weighted by atomic mass is 9.75. The topological polar surface area (TPSA) is 148 Å². The fraction of sp³-hybridized carbons (Fsp3) is 0.590. The third-order valence-electron chi connectivity index (χ3n) is 10.6. The number of phenols is 2. The van der Waals surface area contributed by atoms with Crippen LogP contribution in [0.1, 0.15) is 76.3 Å². The molecular formula is C39H58N4O6. The molecule has 10 heteroatoms. The van der Waals surface area contributed by atoms with E-state index < -0.39 is 11.0 Å². The molecule has 270 valence electrons. The number of nitrogens with zero attached hydrogens (tertiary/aromatic N) is 1. The monoisotopic (exact) mass is 678 g/mol. The summed E-state index contributed by atoms with van der Waals surface area (Å²) in [4.78, 5) is 18.0. The second-order valence-corrected chi connectivity index (χ2v) is 14.4. The highest BCUT2D eigenvalue weighted by atomic mass is 16.5. The average molecular weight is 679 g/mol. The molecule has 2 aromatic rings. The van der Waals surface area contributed by atoms with Crippen LogP contribution >= 0.6 is 0 Å². The normalized spacial score (nSPS) is 21.4. The van der Waals surface area contributed by atoms with Gasteiger partial charge >= 0.3 is 0 Å². The van der Waals surface area contributed by atoms with E-state index in [1.165, 1.54) is 7.11 Å².